The fraction of sp³-hybridized carbons (Fsp3) is 0.0625. The van der Waals surface area contributed by atoms with E-state index in [9.17, 15) is 0 Å². The lowest BCUT2D eigenvalue weighted by Crippen LogP contribution is -1.97. The van der Waals surface area contributed by atoms with Crippen molar-refractivity contribution in [3.63, 3.8) is 0 Å². The number of hydrogen-bond donors (Lipinski definition) is 1. The summed E-state index contributed by atoms with van der Waals surface area (Å²) in [5, 5.41) is 1.68. The van der Waals surface area contributed by atoms with Crippen molar-refractivity contribution in [3.05, 3.63) is 52.6 Å². The summed E-state index contributed by atoms with van der Waals surface area (Å²) in [6, 6.07) is 10.4. The number of aromatic nitrogens is 1. The van der Waals surface area contributed by atoms with Gasteiger partial charge in [-0.2, -0.15) is 0 Å². The zero-order valence-corrected chi connectivity index (χ0v) is 13.2. The molecular formula is C16H12Cl2N2O2. The fourth-order valence-electron chi connectivity index (χ4n) is 2.15. The second kappa shape index (κ2) is 5.91. The molecule has 0 saturated heterocycles. The molecular weight excluding hydrogens is 323 g/mol. The molecule has 0 fully saturated rings. The Morgan fingerprint density at radius 2 is 1.91 bits per heavy atom. The standard InChI is InChI=1S/C16H12Cl2N2O2/c1-21-14-8-12(19)15-10(3-2-6-20-15)16(14)22-13-5-4-9(17)7-11(13)18/h2-8H,19H2,1H3. The number of benzene rings is 2. The first-order valence-corrected chi connectivity index (χ1v) is 7.20. The third-order valence-corrected chi connectivity index (χ3v) is 3.69. The molecule has 0 spiro atoms. The zero-order chi connectivity index (χ0) is 15.7. The predicted molar refractivity (Wildman–Crippen MR) is 89.2 cm³/mol. The zero-order valence-electron chi connectivity index (χ0n) is 11.6. The summed E-state index contributed by atoms with van der Waals surface area (Å²) in [4.78, 5) is 4.28. The molecule has 0 bridgehead atoms. The number of anilines is 1. The highest BCUT2D eigenvalue weighted by Crippen LogP contribution is 2.42. The molecule has 0 aliphatic heterocycles. The second-order valence-electron chi connectivity index (χ2n) is 4.57. The van der Waals surface area contributed by atoms with Gasteiger partial charge >= 0.3 is 0 Å². The smallest absolute Gasteiger partial charge is 0.178 e. The summed E-state index contributed by atoms with van der Waals surface area (Å²) in [7, 11) is 1.55. The van der Waals surface area contributed by atoms with Crippen molar-refractivity contribution in [1.29, 1.82) is 0 Å². The van der Waals surface area contributed by atoms with Crippen molar-refractivity contribution in [2.45, 2.75) is 0 Å². The van der Waals surface area contributed by atoms with Crippen molar-refractivity contribution in [2.75, 3.05) is 12.8 Å². The van der Waals surface area contributed by atoms with Gasteiger partial charge in [0.05, 0.1) is 23.3 Å². The molecule has 2 N–H and O–H groups in total. The van der Waals surface area contributed by atoms with Crippen LogP contribution in [0.25, 0.3) is 10.9 Å². The Morgan fingerprint density at radius 3 is 2.64 bits per heavy atom. The normalized spacial score (nSPS) is 10.7. The Bertz CT molecular complexity index is 853. The molecule has 0 saturated carbocycles. The number of halogens is 2. The molecule has 112 valence electrons. The Kier molecular flexibility index (Phi) is 3.96. The van der Waals surface area contributed by atoms with Gasteiger partial charge in [0, 0.05) is 22.7 Å². The van der Waals surface area contributed by atoms with Crippen molar-refractivity contribution < 1.29 is 9.47 Å². The van der Waals surface area contributed by atoms with Crippen molar-refractivity contribution in [1.82, 2.24) is 4.98 Å². The van der Waals surface area contributed by atoms with Crippen LogP contribution in [0, 0.1) is 0 Å². The Balaban J connectivity index is 2.19. The largest absolute Gasteiger partial charge is 0.493 e. The fourth-order valence-corrected chi connectivity index (χ4v) is 2.60. The third kappa shape index (κ3) is 2.63. The van der Waals surface area contributed by atoms with Gasteiger partial charge in [-0.1, -0.05) is 23.2 Å². The molecule has 22 heavy (non-hydrogen) atoms. The molecule has 2 aromatic carbocycles. The number of nitrogens with two attached hydrogens (primary N) is 1. The Labute approximate surface area is 137 Å². The number of methoxy groups -OCH3 is 1. The summed E-state index contributed by atoms with van der Waals surface area (Å²) in [6.07, 6.45) is 1.67. The molecule has 0 unspecified atom stereocenters. The van der Waals surface area contributed by atoms with Crippen molar-refractivity contribution in [3.8, 4) is 17.2 Å². The lowest BCUT2D eigenvalue weighted by Gasteiger charge is -2.15. The van der Waals surface area contributed by atoms with E-state index in [1.807, 2.05) is 6.07 Å². The van der Waals surface area contributed by atoms with E-state index in [0.717, 1.165) is 5.39 Å². The summed E-state index contributed by atoms with van der Waals surface area (Å²) in [5.41, 5.74) is 7.16. The van der Waals surface area contributed by atoms with Gasteiger partial charge in [-0.25, -0.2) is 0 Å². The third-order valence-electron chi connectivity index (χ3n) is 3.16. The average Bonchev–Trinajstić information content (AvgIpc) is 2.52. The highest BCUT2D eigenvalue weighted by Gasteiger charge is 2.15. The lowest BCUT2D eigenvalue weighted by atomic mass is 10.1. The predicted octanol–water partition coefficient (Wildman–Crippen LogP) is 4.92. The van der Waals surface area contributed by atoms with Crippen LogP contribution < -0.4 is 15.2 Å². The van der Waals surface area contributed by atoms with Crippen LogP contribution in [0.3, 0.4) is 0 Å². The Hall–Kier alpha value is -2.17. The van der Waals surface area contributed by atoms with Gasteiger partial charge in [-0.3, -0.25) is 4.98 Å². The first-order chi connectivity index (χ1) is 10.6. The number of ether oxygens (including phenoxy) is 2. The van der Waals surface area contributed by atoms with Crippen LogP contribution in [0.1, 0.15) is 0 Å². The minimum atomic E-state index is 0.406. The summed E-state index contributed by atoms with van der Waals surface area (Å²) >= 11 is 12.1. The van der Waals surface area contributed by atoms with Crippen LogP contribution >= 0.6 is 23.2 Å². The van der Waals surface area contributed by atoms with Gasteiger partial charge in [0.1, 0.15) is 5.75 Å². The summed E-state index contributed by atoms with van der Waals surface area (Å²) in [6.45, 7) is 0. The van der Waals surface area contributed by atoms with Gasteiger partial charge in [-0.05, 0) is 30.3 Å². The first kappa shape index (κ1) is 14.8. The Morgan fingerprint density at radius 1 is 1.09 bits per heavy atom. The van der Waals surface area contributed by atoms with Crippen LogP contribution in [-0.4, -0.2) is 12.1 Å². The minimum absolute atomic E-state index is 0.406. The molecule has 1 aromatic heterocycles. The van der Waals surface area contributed by atoms with Gasteiger partial charge < -0.3 is 15.2 Å². The highest BCUT2D eigenvalue weighted by molar-refractivity contribution is 6.35. The number of rotatable bonds is 3. The van der Waals surface area contributed by atoms with Crippen LogP contribution in [0.4, 0.5) is 5.69 Å². The van der Waals surface area contributed by atoms with E-state index in [2.05, 4.69) is 4.98 Å². The topological polar surface area (TPSA) is 57.4 Å². The number of fused-ring (bicyclic) bond motifs is 1. The van der Waals surface area contributed by atoms with E-state index in [1.54, 1.807) is 43.6 Å². The molecule has 0 aliphatic carbocycles. The van der Waals surface area contributed by atoms with Crippen LogP contribution in [0.5, 0.6) is 17.2 Å². The maximum Gasteiger partial charge on any atom is 0.178 e. The van der Waals surface area contributed by atoms with Gasteiger partial charge in [-0.15, -0.1) is 0 Å². The summed E-state index contributed by atoms with van der Waals surface area (Å²) < 4.78 is 11.3. The quantitative estimate of drug-likeness (QED) is 0.690. The summed E-state index contributed by atoms with van der Waals surface area (Å²) in [5.74, 6) is 1.48. The monoisotopic (exact) mass is 334 g/mol. The van der Waals surface area contributed by atoms with Gasteiger partial charge in [0.15, 0.2) is 11.5 Å². The lowest BCUT2D eigenvalue weighted by molar-refractivity contribution is 0.382. The maximum absolute atomic E-state index is 6.17. The number of nitrogens with zero attached hydrogens (tertiary/aromatic N) is 1. The van der Waals surface area contributed by atoms with Crippen LogP contribution in [-0.2, 0) is 0 Å². The van der Waals surface area contributed by atoms with E-state index in [4.69, 9.17) is 38.4 Å². The van der Waals surface area contributed by atoms with Crippen LogP contribution in [0.2, 0.25) is 10.0 Å². The molecule has 1 heterocycles. The molecule has 0 aliphatic rings. The molecule has 4 nitrogen and oxygen atoms in total. The van der Waals surface area contributed by atoms with E-state index in [1.165, 1.54) is 0 Å². The molecule has 0 atom stereocenters. The van der Waals surface area contributed by atoms with Crippen molar-refractivity contribution >= 4 is 39.8 Å². The van der Waals surface area contributed by atoms with Gasteiger partial charge in [0.25, 0.3) is 0 Å². The molecule has 3 aromatic rings. The minimum Gasteiger partial charge on any atom is -0.493 e. The highest BCUT2D eigenvalue weighted by atomic mass is 35.5. The molecule has 6 heteroatoms. The molecule has 0 radical (unpaired) electrons. The van der Waals surface area contributed by atoms with E-state index in [0.29, 0.717) is 38.5 Å². The van der Waals surface area contributed by atoms with E-state index in [-0.39, 0.29) is 0 Å². The molecule has 0 amide bonds. The maximum atomic E-state index is 6.17. The second-order valence-corrected chi connectivity index (χ2v) is 5.42. The van der Waals surface area contributed by atoms with E-state index < -0.39 is 0 Å². The van der Waals surface area contributed by atoms with Crippen LogP contribution in [0.15, 0.2) is 42.6 Å². The number of nitrogen functional groups attached to an aromatic ring is 1. The molecule has 3 rings (SSSR count). The SMILES string of the molecule is COc1cc(N)c2ncccc2c1Oc1ccc(Cl)cc1Cl. The van der Waals surface area contributed by atoms with Crippen molar-refractivity contribution in [2.24, 2.45) is 0 Å². The first-order valence-electron chi connectivity index (χ1n) is 6.44. The number of pyridine rings is 1. The average molecular weight is 335 g/mol. The van der Waals surface area contributed by atoms with Gasteiger partial charge in [0.2, 0.25) is 0 Å². The van der Waals surface area contributed by atoms with E-state index >= 15 is 0 Å². The number of hydrogen-bond acceptors (Lipinski definition) is 4.